The molecule has 0 aromatic carbocycles. The average Bonchev–Trinajstić information content (AvgIpc) is 3.17. The van der Waals surface area contributed by atoms with Crippen LogP contribution in [0.5, 0.6) is 0 Å². The van der Waals surface area contributed by atoms with Crippen molar-refractivity contribution in [3.63, 3.8) is 0 Å². The molecule has 1 atom stereocenters. The van der Waals surface area contributed by atoms with E-state index in [-0.39, 0.29) is 0 Å². The van der Waals surface area contributed by atoms with Gasteiger partial charge in [-0.2, -0.15) is 0 Å². The summed E-state index contributed by atoms with van der Waals surface area (Å²) in [6.07, 6.45) is 6.47. The lowest BCUT2D eigenvalue weighted by molar-refractivity contribution is 0.120. The first-order chi connectivity index (χ1) is 9.74. The first-order valence-corrected chi connectivity index (χ1v) is 7.96. The van der Waals surface area contributed by atoms with Gasteiger partial charge in [0.1, 0.15) is 5.69 Å². The van der Waals surface area contributed by atoms with Crippen molar-refractivity contribution in [3.05, 3.63) is 17.8 Å². The van der Waals surface area contributed by atoms with Crippen molar-refractivity contribution in [2.24, 2.45) is 0 Å². The maximum atomic E-state index is 5.60. The SMILES string of the molecule is CC(C)n1ccnc1-c1csc(NC[C@H]2CCCO2)n1. The summed E-state index contributed by atoms with van der Waals surface area (Å²) in [5, 5.41) is 6.36. The molecule has 0 saturated carbocycles. The third-order valence-corrected chi connectivity index (χ3v) is 4.26. The summed E-state index contributed by atoms with van der Waals surface area (Å²) in [6.45, 7) is 6.02. The highest BCUT2D eigenvalue weighted by Crippen LogP contribution is 2.26. The molecule has 3 rings (SSSR count). The first kappa shape index (κ1) is 13.6. The molecule has 1 saturated heterocycles. The fourth-order valence-electron chi connectivity index (χ4n) is 2.39. The Morgan fingerprint density at radius 3 is 3.20 bits per heavy atom. The van der Waals surface area contributed by atoms with Crippen LogP contribution in [-0.2, 0) is 4.74 Å². The van der Waals surface area contributed by atoms with E-state index in [1.54, 1.807) is 11.3 Å². The number of anilines is 1. The second-order valence-electron chi connectivity index (χ2n) is 5.31. The lowest BCUT2D eigenvalue weighted by Gasteiger charge is -2.10. The zero-order valence-corrected chi connectivity index (χ0v) is 12.7. The molecule has 0 spiro atoms. The molecule has 1 N–H and O–H groups in total. The summed E-state index contributed by atoms with van der Waals surface area (Å²) in [7, 11) is 0. The predicted molar refractivity (Wildman–Crippen MR) is 81.2 cm³/mol. The van der Waals surface area contributed by atoms with Gasteiger partial charge < -0.3 is 14.6 Å². The summed E-state index contributed by atoms with van der Waals surface area (Å²) in [4.78, 5) is 9.04. The van der Waals surface area contributed by atoms with Gasteiger partial charge in [-0.05, 0) is 26.7 Å². The number of hydrogen-bond acceptors (Lipinski definition) is 5. The van der Waals surface area contributed by atoms with Crippen molar-refractivity contribution < 1.29 is 4.74 Å². The molecule has 2 aromatic rings. The first-order valence-electron chi connectivity index (χ1n) is 7.08. The molecule has 6 heteroatoms. The smallest absolute Gasteiger partial charge is 0.183 e. The molecule has 1 fully saturated rings. The molecule has 1 aliphatic heterocycles. The Bertz CT molecular complexity index is 557. The fraction of sp³-hybridized carbons (Fsp3) is 0.571. The predicted octanol–water partition coefficient (Wildman–Crippen LogP) is 3.18. The van der Waals surface area contributed by atoms with Gasteiger partial charge in [0.15, 0.2) is 11.0 Å². The van der Waals surface area contributed by atoms with E-state index in [2.05, 4.69) is 39.1 Å². The van der Waals surface area contributed by atoms with Crippen LogP contribution in [0.15, 0.2) is 17.8 Å². The Labute approximate surface area is 123 Å². The number of imidazole rings is 1. The molecule has 3 heterocycles. The van der Waals surface area contributed by atoms with Crippen LogP contribution >= 0.6 is 11.3 Å². The maximum absolute atomic E-state index is 5.60. The van der Waals surface area contributed by atoms with E-state index in [9.17, 15) is 0 Å². The largest absolute Gasteiger partial charge is 0.376 e. The maximum Gasteiger partial charge on any atom is 0.183 e. The molecule has 0 aliphatic carbocycles. The molecule has 0 radical (unpaired) electrons. The van der Waals surface area contributed by atoms with E-state index in [4.69, 9.17) is 4.74 Å². The van der Waals surface area contributed by atoms with Crippen LogP contribution in [-0.4, -0.2) is 33.8 Å². The second-order valence-corrected chi connectivity index (χ2v) is 6.16. The zero-order chi connectivity index (χ0) is 13.9. The van der Waals surface area contributed by atoms with Crippen LogP contribution in [0, 0.1) is 0 Å². The van der Waals surface area contributed by atoms with E-state index in [1.807, 2.05) is 12.4 Å². The van der Waals surface area contributed by atoms with Crippen LogP contribution in [0.4, 0.5) is 5.13 Å². The number of thiazole rings is 1. The molecule has 5 nitrogen and oxygen atoms in total. The second kappa shape index (κ2) is 5.93. The molecule has 0 bridgehead atoms. The molecule has 108 valence electrons. The number of rotatable bonds is 5. The summed E-state index contributed by atoms with van der Waals surface area (Å²) < 4.78 is 7.74. The van der Waals surface area contributed by atoms with E-state index >= 15 is 0 Å². The lowest BCUT2D eigenvalue weighted by Crippen LogP contribution is -2.18. The number of hydrogen-bond donors (Lipinski definition) is 1. The normalized spacial score (nSPS) is 18.9. The van der Waals surface area contributed by atoms with Gasteiger partial charge in [0.25, 0.3) is 0 Å². The fourth-order valence-corrected chi connectivity index (χ4v) is 3.09. The molecular weight excluding hydrogens is 272 g/mol. The van der Waals surface area contributed by atoms with Crippen molar-refractivity contribution in [3.8, 4) is 11.5 Å². The number of ether oxygens (including phenoxy) is 1. The lowest BCUT2D eigenvalue weighted by atomic mass is 10.2. The van der Waals surface area contributed by atoms with Gasteiger partial charge in [-0.3, -0.25) is 0 Å². The van der Waals surface area contributed by atoms with E-state index in [0.717, 1.165) is 36.2 Å². The molecule has 2 aromatic heterocycles. The van der Waals surface area contributed by atoms with E-state index in [0.29, 0.717) is 12.1 Å². The monoisotopic (exact) mass is 292 g/mol. The summed E-state index contributed by atoms with van der Waals surface area (Å²) >= 11 is 1.62. The van der Waals surface area contributed by atoms with Gasteiger partial charge in [-0.15, -0.1) is 11.3 Å². The Hall–Kier alpha value is -1.40. The summed E-state index contributed by atoms with van der Waals surface area (Å²) in [5.41, 5.74) is 0.934. The third kappa shape index (κ3) is 2.86. The van der Waals surface area contributed by atoms with Gasteiger partial charge in [-0.25, -0.2) is 9.97 Å². The van der Waals surface area contributed by atoms with Gasteiger partial charge in [0.05, 0.1) is 6.10 Å². The van der Waals surface area contributed by atoms with Gasteiger partial charge in [0.2, 0.25) is 0 Å². The van der Waals surface area contributed by atoms with Crippen molar-refractivity contribution in [2.75, 3.05) is 18.5 Å². The third-order valence-electron chi connectivity index (χ3n) is 3.46. The molecule has 0 amide bonds. The number of nitrogens with zero attached hydrogens (tertiary/aromatic N) is 3. The minimum absolute atomic E-state index is 0.333. The van der Waals surface area contributed by atoms with Crippen LogP contribution < -0.4 is 5.32 Å². The molecule has 1 aliphatic rings. The summed E-state index contributed by atoms with van der Waals surface area (Å²) in [6, 6.07) is 0.387. The van der Waals surface area contributed by atoms with Crippen molar-refractivity contribution in [1.29, 1.82) is 0 Å². The van der Waals surface area contributed by atoms with Crippen molar-refractivity contribution >= 4 is 16.5 Å². The van der Waals surface area contributed by atoms with Gasteiger partial charge in [-0.1, -0.05) is 0 Å². The van der Waals surface area contributed by atoms with Crippen molar-refractivity contribution in [1.82, 2.24) is 14.5 Å². The summed E-state index contributed by atoms with van der Waals surface area (Å²) in [5.74, 6) is 0.932. The van der Waals surface area contributed by atoms with Gasteiger partial charge in [0, 0.05) is 37.0 Å². The Morgan fingerprint density at radius 2 is 2.45 bits per heavy atom. The average molecular weight is 292 g/mol. The molecule has 20 heavy (non-hydrogen) atoms. The minimum Gasteiger partial charge on any atom is -0.376 e. The minimum atomic E-state index is 0.333. The van der Waals surface area contributed by atoms with Crippen molar-refractivity contribution in [2.45, 2.75) is 38.8 Å². The molecule has 0 unspecified atom stereocenters. The number of nitrogens with one attached hydrogen (secondary N) is 1. The standard InChI is InChI=1S/C14H20N4OS/c1-10(2)18-6-5-15-13(18)12-9-20-14(17-12)16-8-11-4-3-7-19-11/h5-6,9-11H,3-4,7-8H2,1-2H3,(H,16,17)/t11-/m1/s1. The number of aromatic nitrogens is 3. The van der Waals surface area contributed by atoms with Crippen LogP contribution in [0.2, 0.25) is 0 Å². The topological polar surface area (TPSA) is 52.0 Å². The highest BCUT2D eigenvalue weighted by atomic mass is 32.1. The van der Waals surface area contributed by atoms with Crippen LogP contribution in [0.25, 0.3) is 11.5 Å². The quantitative estimate of drug-likeness (QED) is 0.919. The van der Waals surface area contributed by atoms with E-state index < -0.39 is 0 Å². The highest BCUT2D eigenvalue weighted by molar-refractivity contribution is 7.14. The zero-order valence-electron chi connectivity index (χ0n) is 11.9. The Balaban J connectivity index is 1.68. The molecular formula is C14H20N4OS. The van der Waals surface area contributed by atoms with E-state index in [1.165, 1.54) is 6.42 Å². The Kier molecular flexibility index (Phi) is 4.03. The Morgan fingerprint density at radius 1 is 1.55 bits per heavy atom. The van der Waals surface area contributed by atoms with Crippen LogP contribution in [0.3, 0.4) is 0 Å². The highest BCUT2D eigenvalue weighted by Gasteiger charge is 2.16. The van der Waals surface area contributed by atoms with Crippen LogP contribution in [0.1, 0.15) is 32.7 Å². The van der Waals surface area contributed by atoms with Gasteiger partial charge >= 0.3 is 0 Å².